The largest absolute Gasteiger partial charge is 0.481 e. The van der Waals surface area contributed by atoms with Crippen molar-refractivity contribution in [3.05, 3.63) is 41.6 Å². The van der Waals surface area contributed by atoms with Crippen LogP contribution >= 0.6 is 0 Å². The topological polar surface area (TPSA) is 87.5 Å². The van der Waals surface area contributed by atoms with Crippen molar-refractivity contribution in [1.82, 2.24) is 14.7 Å². The molecular formula is C17H19F3N4O3. The number of aryl methyl sites for hydroxylation is 1. The maximum absolute atomic E-state index is 12.9. The Kier molecular flexibility index (Phi) is 5.77. The van der Waals surface area contributed by atoms with Crippen LogP contribution in [0.15, 0.2) is 30.3 Å². The Morgan fingerprint density at radius 2 is 2.00 bits per heavy atom. The summed E-state index contributed by atoms with van der Waals surface area (Å²) in [5.74, 6) is -1.64. The van der Waals surface area contributed by atoms with Crippen molar-refractivity contribution in [3.63, 3.8) is 0 Å². The molecule has 7 nitrogen and oxygen atoms in total. The zero-order chi connectivity index (χ0) is 20.4. The van der Waals surface area contributed by atoms with E-state index in [-0.39, 0.29) is 18.1 Å². The van der Waals surface area contributed by atoms with Crippen LogP contribution in [0.5, 0.6) is 0 Å². The predicted molar refractivity (Wildman–Crippen MR) is 91.8 cm³/mol. The van der Waals surface area contributed by atoms with Gasteiger partial charge in [-0.2, -0.15) is 18.3 Å². The molecule has 0 spiro atoms. The highest BCUT2D eigenvalue weighted by Crippen LogP contribution is 2.31. The van der Waals surface area contributed by atoms with Gasteiger partial charge in [0.1, 0.15) is 5.82 Å². The second kappa shape index (κ2) is 7.68. The summed E-state index contributed by atoms with van der Waals surface area (Å²) in [5, 5.41) is 15.6. The first-order valence-corrected chi connectivity index (χ1v) is 7.98. The fourth-order valence-corrected chi connectivity index (χ4v) is 2.38. The van der Waals surface area contributed by atoms with Crippen LogP contribution in [-0.4, -0.2) is 45.4 Å². The molecule has 27 heavy (non-hydrogen) atoms. The molecule has 2 N–H and O–H groups in total. The zero-order valence-electron chi connectivity index (χ0n) is 14.9. The van der Waals surface area contributed by atoms with Gasteiger partial charge in [-0.05, 0) is 25.1 Å². The molecule has 1 atom stereocenters. The van der Waals surface area contributed by atoms with E-state index in [1.807, 2.05) is 0 Å². The third-order valence-corrected chi connectivity index (χ3v) is 3.80. The number of aliphatic carboxylic acids is 1. The summed E-state index contributed by atoms with van der Waals surface area (Å²) in [4.78, 5) is 24.4. The highest BCUT2D eigenvalue weighted by Gasteiger charge is 2.30. The van der Waals surface area contributed by atoms with Gasteiger partial charge in [0, 0.05) is 19.7 Å². The number of anilines is 1. The number of nitrogens with zero attached hydrogens (tertiary/aromatic N) is 3. The molecule has 2 rings (SSSR count). The van der Waals surface area contributed by atoms with Gasteiger partial charge in [0.15, 0.2) is 0 Å². The number of aromatic nitrogens is 2. The molecule has 10 heteroatoms. The van der Waals surface area contributed by atoms with Crippen molar-refractivity contribution in [2.45, 2.75) is 20.0 Å². The van der Waals surface area contributed by atoms with E-state index in [4.69, 9.17) is 5.11 Å². The smallest absolute Gasteiger partial charge is 0.416 e. The molecule has 1 aromatic carbocycles. The normalized spacial score (nSPS) is 12.5. The summed E-state index contributed by atoms with van der Waals surface area (Å²) in [7, 11) is 1.42. The molecule has 0 aliphatic rings. The summed E-state index contributed by atoms with van der Waals surface area (Å²) in [6.45, 7) is 3.07. The van der Waals surface area contributed by atoms with Crippen molar-refractivity contribution in [1.29, 1.82) is 0 Å². The molecule has 0 radical (unpaired) electrons. The van der Waals surface area contributed by atoms with Crippen LogP contribution in [0, 0.1) is 12.8 Å². The Balaban J connectivity index is 2.26. The molecule has 2 aromatic rings. The maximum atomic E-state index is 12.9. The maximum Gasteiger partial charge on any atom is 0.416 e. The molecule has 2 amide bonds. The quantitative estimate of drug-likeness (QED) is 0.827. The number of carbonyl (C=O) groups excluding carboxylic acids is 1. The lowest BCUT2D eigenvalue weighted by molar-refractivity contribution is -0.141. The van der Waals surface area contributed by atoms with Crippen LogP contribution in [-0.2, 0) is 11.0 Å². The van der Waals surface area contributed by atoms with Crippen LogP contribution in [0.2, 0.25) is 0 Å². The van der Waals surface area contributed by atoms with Gasteiger partial charge in [-0.1, -0.05) is 13.0 Å². The van der Waals surface area contributed by atoms with E-state index in [1.165, 1.54) is 41.8 Å². The first kappa shape index (κ1) is 20.3. The number of urea groups is 1. The van der Waals surface area contributed by atoms with Crippen molar-refractivity contribution in [3.8, 4) is 5.69 Å². The van der Waals surface area contributed by atoms with Crippen LogP contribution in [0.4, 0.5) is 23.8 Å². The Morgan fingerprint density at radius 1 is 1.33 bits per heavy atom. The average molecular weight is 384 g/mol. The Bertz CT molecular complexity index is 848. The summed E-state index contributed by atoms with van der Waals surface area (Å²) < 4.78 is 40.0. The van der Waals surface area contributed by atoms with Gasteiger partial charge in [0.05, 0.1) is 22.9 Å². The minimum atomic E-state index is -4.51. The molecule has 0 fully saturated rings. The Labute approximate surface area is 153 Å². The minimum Gasteiger partial charge on any atom is -0.481 e. The molecule has 0 aliphatic heterocycles. The number of carboxylic acid groups (broad SMARTS) is 1. The van der Waals surface area contributed by atoms with E-state index in [2.05, 4.69) is 10.4 Å². The average Bonchev–Trinajstić information content (AvgIpc) is 2.94. The van der Waals surface area contributed by atoms with E-state index in [0.717, 1.165) is 12.1 Å². The van der Waals surface area contributed by atoms with E-state index < -0.39 is 29.7 Å². The van der Waals surface area contributed by atoms with Gasteiger partial charge >= 0.3 is 18.2 Å². The third-order valence-electron chi connectivity index (χ3n) is 3.80. The fraction of sp³-hybridized carbons (Fsp3) is 0.353. The number of amides is 2. The van der Waals surface area contributed by atoms with Gasteiger partial charge in [-0.3, -0.25) is 10.1 Å². The van der Waals surface area contributed by atoms with Crippen molar-refractivity contribution < 1.29 is 27.9 Å². The molecule has 0 saturated heterocycles. The molecule has 0 saturated carbocycles. The van der Waals surface area contributed by atoms with E-state index >= 15 is 0 Å². The lowest BCUT2D eigenvalue weighted by Crippen LogP contribution is -2.37. The lowest BCUT2D eigenvalue weighted by Gasteiger charge is -2.20. The molecule has 146 valence electrons. The van der Waals surface area contributed by atoms with Gasteiger partial charge in [0.2, 0.25) is 0 Å². The number of benzene rings is 1. The molecule has 0 bridgehead atoms. The fourth-order valence-electron chi connectivity index (χ4n) is 2.38. The first-order valence-electron chi connectivity index (χ1n) is 7.98. The van der Waals surface area contributed by atoms with Crippen molar-refractivity contribution in [2.75, 3.05) is 18.9 Å². The number of alkyl halides is 3. The molecule has 0 aliphatic carbocycles. The number of hydrogen-bond donors (Lipinski definition) is 2. The van der Waals surface area contributed by atoms with Crippen LogP contribution in [0.25, 0.3) is 5.69 Å². The predicted octanol–water partition coefficient (Wildman–Crippen LogP) is 3.38. The highest BCUT2D eigenvalue weighted by molar-refractivity contribution is 5.89. The number of carboxylic acids is 1. The van der Waals surface area contributed by atoms with Crippen molar-refractivity contribution >= 4 is 17.8 Å². The van der Waals surface area contributed by atoms with Gasteiger partial charge in [-0.15, -0.1) is 0 Å². The van der Waals surface area contributed by atoms with Gasteiger partial charge in [-0.25, -0.2) is 9.48 Å². The van der Waals surface area contributed by atoms with Crippen LogP contribution in [0.3, 0.4) is 0 Å². The van der Waals surface area contributed by atoms with Gasteiger partial charge in [0.25, 0.3) is 0 Å². The lowest BCUT2D eigenvalue weighted by atomic mass is 10.2. The standard InChI is InChI=1S/C17H19F3N4O3/c1-10(15(25)26)9-23(3)16(27)21-14-7-11(2)22-24(14)13-6-4-5-12(8-13)17(18,19)20/h4-8,10H,9H2,1-3H3,(H,21,27)(H,25,26). The molecular weight excluding hydrogens is 365 g/mol. The Hall–Kier alpha value is -3.04. The summed E-state index contributed by atoms with van der Waals surface area (Å²) >= 11 is 0. The van der Waals surface area contributed by atoms with E-state index in [0.29, 0.717) is 5.69 Å². The number of hydrogen-bond acceptors (Lipinski definition) is 3. The second-order valence-corrected chi connectivity index (χ2v) is 6.18. The van der Waals surface area contributed by atoms with E-state index in [1.54, 1.807) is 6.92 Å². The third kappa shape index (κ3) is 4.99. The summed E-state index contributed by atoms with van der Waals surface area (Å²) in [6, 6.07) is 5.47. The number of nitrogens with one attached hydrogen (secondary N) is 1. The summed E-state index contributed by atoms with van der Waals surface area (Å²) in [5.41, 5.74) is -0.211. The van der Waals surface area contributed by atoms with Gasteiger partial charge < -0.3 is 10.0 Å². The summed E-state index contributed by atoms with van der Waals surface area (Å²) in [6.07, 6.45) is -4.51. The van der Waals surface area contributed by atoms with Crippen LogP contribution in [0.1, 0.15) is 18.2 Å². The second-order valence-electron chi connectivity index (χ2n) is 6.18. The number of rotatable bonds is 5. The molecule has 1 aromatic heterocycles. The molecule has 1 unspecified atom stereocenters. The highest BCUT2D eigenvalue weighted by atomic mass is 19.4. The number of carbonyl (C=O) groups is 2. The zero-order valence-corrected chi connectivity index (χ0v) is 14.9. The van der Waals surface area contributed by atoms with E-state index in [9.17, 15) is 22.8 Å². The Morgan fingerprint density at radius 3 is 2.59 bits per heavy atom. The minimum absolute atomic E-state index is 0.0299. The monoisotopic (exact) mass is 384 g/mol. The molecule has 1 heterocycles. The number of halogens is 3. The SMILES string of the molecule is Cc1cc(NC(=O)N(C)CC(C)C(=O)O)n(-c2cccc(C(F)(F)F)c2)n1. The van der Waals surface area contributed by atoms with Crippen molar-refractivity contribution in [2.24, 2.45) is 5.92 Å². The first-order chi connectivity index (χ1) is 12.5. The van der Waals surface area contributed by atoms with Crippen LogP contribution < -0.4 is 5.32 Å².